The Hall–Kier alpha value is -2.04. The maximum absolute atomic E-state index is 11.2. The highest BCUT2D eigenvalue weighted by molar-refractivity contribution is 5.74. The van der Waals surface area contributed by atoms with Crippen LogP contribution < -0.4 is 9.47 Å². The molecule has 1 aromatic carbocycles. The molecular formula is C20H27NO4. The van der Waals surface area contributed by atoms with Crippen molar-refractivity contribution in [2.45, 2.75) is 62.9 Å². The van der Waals surface area contributed by atoms with Gasteiger partial charge in [-0.1, -0.05) is 6.07 Å². The van der Waals surface area contributed by atoms with Gasteiger partial charge in [0.25, 0.3) is 0 Å². The van der Waals surface area contributed by atoms with E-state index in [1.54, 1.807) is 7.11 Å². The molecule has 1 aromatic rings. The van der Waals surface area contributed by atoms with Gasteiger partial charge in [0.15, 0.2) is 11.5 Å². The second kappa shape index (κ2) is 7.46. The molecule has 0 aliphatic heterocycles. The van der Waals surface area contributed by atoms with Crippen molar-refractivity contribution in [2.75, 3.05) is 7.11 Å². The van der Waals surface area contributed by atoms with E-state index < -0.39 is 11.4 Å². The molecule has 0 spiro atoms. The number of nitrogens with one attached hydrogen (secondary N) is 1. The van der Waals surface area contributed by atoms with E-state index in [0.717, 1.165) is 29.9 Å². The molecule has 0 heterocycles. The van der Waals surface area contributed by atoms with E-state index in [1.807, 2.05) is 18.2 Å². The molecule has 0 amide bonds. The molecule has 0 saturated heterocycles. The molecule has 2 saturated carbocycles. The van der Waals surface area contributed by atoms with E-state index in [1.165, 1.54) is 19.1 Å². The van der Waals surface area contributed by atoms with Crippen molar-refractivity contribution in [1.29, 1.82) is 5.41 Å². The molecule has 25 heavy (non-hydrogen) atoms. The molecule has 2 aliphatic rings. The van der Waals surface area contributed by atoms with Gasteiger partial charge in [-0.25, -0.2) is 0 Å². The zero-order valence-electron chi connectivity index (χ0n) is 14.8. The SMILES string of the molecule is COc1ccc(C2(C=N)CCC(C(=O)O)CC2)cc1OC1CCCC1. The summed E-state index contributed by atoms with van der Waals surface area (Å²) in [6.07, 6.45) is 8.86. The second-order valence-corrected chi connectivity index (χ2v) is 7.30. The van der Waals surface area contributed by atoms with E-state index >= 15 is 0 Å². The topological polar surface area (TPSA) is 79.6 Å². The monoisotopic (exact) mass is 345 g/mol. The lowest BCUT2D eigenvalue weighted by Gasteiger charge is -2.36. The first-order valence-corrected chi connectivity index (χ1v) is 9.17. The molecular weight excluding hydrogens is 318 g/mol. The third-order valence-electron chi connectivity index (χ3n) is 5.84. The van der Waals surface area contributed by atoms with Gasteiger partial charge in [-0.05, 0) is 69.1 Å². The van der Waals surface area contributed by atoms with Crippen molar-refractivity contribution >= 4 is 12.2 Å². The Morgan fingerprint density at radius 3 is 2.44 bits per heavy atom. The fraction of sp³-hybridized carbons (Fsp3) is 0.600. The number of ether oxygens (including phenoxy) is 2. The predicted octanol–water partition coefficient (Wildman–Crippen LogP) is 4.18. The average molecular weight is 345 g/mol. The Kier molecular flexibility index (Phi) is 5.30. The molecule has 5 nitrogen and oxygen atoms in total. The van der Waals surface area contributed by atoms with Gasteiger partial charge in [-0.2, -0.15) is 0 Å². The summed E-state index contributed by atoms with van der Waals surface area (Å²) in [6.45, 7) is 0. The summed E-state index contributed by atoms with van der Waals surface area (Å²) in [5.41, 5.74) is 0.631. The lowest BCUT2D eigenvalue weighted by Crippen LogP contribution is -2.35. The predicted molar refractivity (Wildman–Crippen MR) is 95.9 cm³/mol. The van der Waals surface area contributed by atoms with Crippen LogP contribution in [-0.4, -0.2) is 30.5 Å². The standard InChI is InChI=1S/C20H27NO4/c1-24-17-7-6-15(12-18(17)25-16-4-2-3-5-16)20(13-21)10-8-14(9-11-20)19(22)23/h6-7,12-14,16,21H,2-5,8-11H2,1H3,(H,22,23). The van der Waals surface area contributed by atoms with Crippen LogP contribution in [0.4, 0.5) is 0 Å². The van der Waals surface area contributed by atoms with Crippen molar-refractivity contribution in [3.8, 4) is 11.5 Å². The molecule has 0 bridgehead atoms. The maximum atomic E-state index is 11.2. The van der Waals surface area contributed by atoms with Crippen LogP contribution in [0.1, 0.15) is 56.9 Å². The number of hydrogen-bond acceptors (Lipinski definition) is 4. The fourth-order valence-electron chi connectivity index (χ4n) is 4.16. The minimum atomic E-state index is -0.724. The summed E-state index contributed by atoms with van der Waals surface area (Å²) in [7, 11) is 1.64. The summed E-state index contributed by atoms with van der Waals surface area (Å²) >= 11 is 0. The molecule has 2 fully saturated rings. The molecule has 3 rings (SSSR count). The number of hydrogen-bond donors (Lipinski definition) is 2. The Morgan fingerprint density at radius 1 is 1.20 bits per heavy atom. The van der Waals surface area contributed by atoms with Gasteiger partial charge >= 0.3 is 5.97 Å². The minimum absolute atomic E-state index is 0.239. The second-order valence-electron chi connectivity index (χ2n) is 7.30. The highest BCUT2D eigenvalue weighted by atomic mass is 16.5. The first-order chi connectivity index (χ1) is 12.1. The summed E-state index contributed by atoms with van der Waals surface area (Å²) in [4.78, 5) is 11.2. The molecule has 0 atom stereocenters. The van der Waals surface area contributed by atoms with Gasteiger partial charge in [0, 0.05) is 11.6 Å². The number of rotatable bonds is 6. The molecule has 0 unspecified atom stereocenters. The minimum Gasteiger partial charge on any atom is -0.493 e. The summed E-state index contributed by atoms with van der Waals surface area (Å²) < 4.78 is 11.6. The van der Waals surface area contributed by atoms with Crippen molar-refractivity contribution in [1.82, 2.24) is 0 Å². The third kappa shape index (κ3) is 3.65. The van der Waals surface area contributed by atoms with E-state index in [0.29, 0.717) is 25.7 Å². The average Bonchev–Trinajstić information content (AvgIpc) is 3.14. The Balaban J connectivity index is 1.84. The summed E-state index contributed by atoms with van der Waals surface area (Å²) in [5, 5.41) is 17.2. The number of carboxylic acid groups (broad SMARTS) is 1. The van der Waals surface area contributed by atoms with Crippen LogP contribution in [-0.2, 0) is 10.2 Å². The van der Waals surface area contributed by atoms with Gasteiger partial charge in [-0.3, -0.25) is 4.79 Å². The Bertz CT molecular complexity index is 629. The van der Waals surface area contributed by atoms with Crippen molar-refractivity contribution in [3.05, 3.63) is 23.8 Å². The van der Waals surface area contributed by atoms with Crippen molar-refractivity contribution in [2.24, 2.45) is 5.92 Å². The van der Waals surface area contributed by atoms with Crippen LogP contribution in [0.3, 0.4) is 0 Å². The third-order valence-corrected chi connectivity index (χ3v) is 5.84. The number of benzene rings is 1. The first-order valence-electron chi connectivity index (χ1n) is 9.17. The molecule has 136 valence electrons. The van der Waals surface area contributed by atoms with Gasteiger partial charge < -0.3 is 20.0 Å². The first kappa shape index (κ1) is 17.8. The van der Waals surface area contributed by atoms with Gasteiger partial charge in [0.2, 0.25) is 0 Å². The van der Waals surface area contributed by atoms with Crippen LogP contribution >= 0.6 is 0 Å². The normalized spacial score (nSPS) is 27.0. The number of carbonyl (C=O) groups is 1. The molecule has 0 radical (unpaired) electrons. The van der Waals surface area contributed by atoms with Crippen LogP contribution in [0.5, 0.6) is 11.5 Å². The number of methoxy groups -OCH3 is 1. The lowest BCUT2D eigenvalue weighted by atomic mass is 9.67. The molecule has 2 aliphatic carbocycles. The van der Waals surface area contributed by atoms with Gasteiger partial charge in [0.1, 0.15) is 0 Å². The quantitative estimate of drug-likeness (QED) is 0.758. The van der Waals surface area contributed by atoms with Gasteiger partial charge in [-0.15, -0.1) is 0 Å². The van der Waals surface area contributed by atoms with Crippen molar-refractivity contribution in [3.63, 3.8) is 0 Å². The smallest absolute Gasteiger partial charge is 0.306 e. The molecule has 2 N–H and O–H groups in total. The number of aliphatic carboxylic acids is 1. The molecule has 0 aromatic heterocycles. The number of carboxylic acids is 1. The van der Waals surface area contributed by atoms with Crippen LogP contribution in [0.25, 0.3) is 0 Å². The zero-order valence-corrected chi connectivity index (χ0v) is 14.8. The van der Waals surface area contributed by atoms with E-state index in [2.05, 4.69) is 0 Å². The maximum Gasteiger partial charge on any atom is 0.306 e. The van der Waals surface area contributed by atoms with E-state index in [4.69, 9.17) is 14.9 Å². The highest BCUT2D eigenvalue weighted by Crippen LogP contribution is 2.43. The Morgan fingerprint density at radius 2 is 1.88 bits per heavy atom. The summed E-state index contributed by atoms with van der Waals surface area (Å²) in [5.74, 6) is 0.447. The van der Waals surface area contributed by atoms with Gasteiger partial charge in [0.05, 0.1) is 19.1 Å². The largest absolute Gasteiger partial charge is 0.493 e. The zero-order chi connectivity index (χ0) is 17.9. The fourth-order valence-corrected chi connectivity index (χ4v) is 4.16. The van der Waals surface area contributed by atoms with Crippen LogP contribution in [0.2, 0.25) is 0 Å². The Labute approximate surface area is 148 Å². The highest BCUT2D eigenvalue weighted by Gasteiger charge is 2.38. The van der Waals surface area contributed by atoms with E-state index in [9.17, 15) is 9.90 Å². The molecule has 5 heteroatoms. The summed E-state index contributed by atoms with van der Waals surface area (Å²) in [6, 6.07) is 5.91. The van der Waals surface area contributed by atoms with Crippen LogP contribution in [0.15, 0.2) is 18.2 Å². The lowest BCUT2D eigenvalue weighted by molar-refractivity contribution is -0.143. The van der Waals surface area contributed by atoms with E-state index in [-0.39, 0.29) is 12.0 Å². The van der Waals surface area contributed by atoms with Crippen molar-refractivity contribution < 1.29 is 19.4 Å². The van der Waals surface area contributed by atoms with Crippen LogP contribution in [0, 0.1) is 11.3 Å².